The van der Waals surface area contributed by atoms with Gasteiger partial charge in [-0.25, -0.2) is 4.79 Å². The Hall–Kier alpha value is -1.88. The summed E-state index contributed by atoms with van der Waals surface area (Å²) in [5, 5.41) is 18.9. The maximum atomic E-state index is 11.9. The van der Waals surface area contributed by atoms with Crippen LogP contribution in [0.1, 0.15) is 29.8 Å². The van der Waals surface area contributed by atoms with Crippen LogP contribution < -0.4 is 4.90 Å². The van der Waals surface area contributed by atoms with Gasteiger partial charge < -0.3 is 15.1 Å². The number of hydrogen-bond donors (Lipinski definition) is 2. The molecule has 1 atom stereocenters. The summed E-state index contributed by atoms with van der Waals surface area (Å²) in [7, 11) is 0. The molecule has 0 saturated carbocycles. The molecule has 1 unspecified atom stereocenters. The highest BCUT2D eigenvalue weighted by Crippen LogP contribution is 2.30. The second-order valence-electron chi connectivity index (χ2n) is 5.14. The van der Waals surface area contributed by atoms with E-state index in [2.05, 4.69) is 0 Å². The summed E-state index contributed by atoms with van der Waals surface area (Å²) in [5.74, 6) is -1.08. The summed E-state index contributed by atoms with van der Waals surface area (Å²) >= 11 is 0. The van der Waals surface area contributed by atoms with Crippen molar-refractivity contribution in [2.45, 2.75) is 26.4 Å². The van der Waals surface area contributed by atoms with Gasteiger partial charge in [0.2, 0.25) is 5.91 Å². The number of carbonyl (C=O) groups is 2. The molecule has 5 nitrogen and oxygen atoms in total. The second kappa shape index (κ2) is 5.01. The molecule has 0 aliphatic carbocycles. The highest BCUT2D eigenvalue weighted by atomic mass is 16.4. The van der Waals surface area contributed by atoms with Crippen molar-refractivity contribution in [3.05, 3.63) is 29.3 Å². The number of aliphatic hydroxyl groups excluding tert-OH is 1. The number of fused-ring (bicyclic) bond motifs is 1. The van der Waals surface area contributed by atoms with Crippen LogP contribution in [0.4, 0.5) is 5.69 Å². The summed E-state index contributed by atoms with van der Waals surface area (Å²) in [6.07, 6.45) is -0.358. The first kappa shape index (κ1) is 13.5. The lowest BCUT2D eigenvalue weighted by atomic mass is 10.1. The van der Waals surface area contributed by atoms with E-state index in [-0.39, 0.29) is 30.4 Å². The van der Waals surface area contributed by atoms with Gasteiger partial charge >= 0.3 is 5.97 Å². The molecule has 1 amide bonds. The lowest BCUT2D eigenvalue weighted by molar-refractivity contribution is -0.117. The normalized spacial score (nSPS) is 15.8. The summed E-state index contributed by atoms with van der Waals surface area (Å²) < 4.78 is 0. The molecule has 0 spiro atoms. The summed E-state index contributed by atoms with van der Waals surface area (Å²) in [4.78, 5) is 24.4. The number of carboxylic acids is 1. The van der Waals surface area contributed by atoms with Crippen molar-refractivity contribution in [2.24, 2.45) is 5.92 Å². The number of nitrogens with zero attached hydrogens (tertiary/aromatic N) is 1. The Morgan fingerprint density at radius 3 is 2.68 bits per heavy atom. The van der Waals surface area contributed by atoms with Gasteiger partial charge in [-0.05, 0) is 23.6 Å². The Bertz CT molecular complexity index is 524. The fourth-order valence-corrected chi connectivity index (χ4v) is 2.09. The molecule has 1 aliphatic heterocycles. The van der Waals surface area contributed by atoms with Crippen LogP contribution >= 0.6 is 0 Å². The molecule has 0 aromatic heterocycles. The average molecular weight is 263 g/mol. The van der Waals surface area contributed by atoms with E-state index < -0.39 is 12.1 Å². The van der Waals surface area contributed by atoms with Gasteiger partial charge in [0.05, 0.1) is 24.6 Å². The number of anilines is 1. The van der Waals surface area contributed by atoms with Crippen LogP contribution in [0.2, 0.25) is 0 Å². The largest absolute Gasteiger partial charge is 0.478 e. The molecule has 2 rings (SSSR count). The van der Waals surface area contributed by atoms with Crippen molar-refractivity contribution in [3.63, 3.8) is 0 Å². The van der Waals surface area contributed by atoms with Crippen LogP contribution in [0.25, 0.3) is 0 Å². The second-order valence-corrected chi connectivity index (χ2v) is 5.14. The van der Waals surface area contributed by atoms with Crippen LogP contribution in [0.15, 0.2) is 18.2 Å². The topological polar surface area (TPSA) is 77.8 Å². The van der Waals surface area contributed by atoms with Gasteiger partial charge in [-0.3, -0.25) is 4.79 Å². The van der Waals surface area contributed by atoms with E-state index in [1.165, 1.54) is 17.0 Å². The molecular formula is C14H17NO4. The van der Waals surface area contributed by atoms with E-state index >= 15 is 0 Å². The van der Waals surface area contributed by atoms with Crippen LogP contribution in [0.5, 0.6) is 0 Å². The molecule has 0 fully saturated rings. The minimum absolute atomic E-state index is 0.0412. The highest BCUT2D eigenvalue weighted by molar-refractivity contribution is 6.03. The summed E-state index contributed by atoms with van der Waals surface area (Å²) in [5.41, 5.74) is 1.56. The fraction of sp³-hybridized carbons (Fsp3) is 0.429. The van der Waals surface area contributed by atoms with Gasteiger partial charge in [0.15, 0.2) is 0 Å². The van der Waals surface area contributed by atoms with E-state index in [1.54, 1.807) is 6.07 Å². The third-order valence-corrected chi connectivity index (χ3v) is 3.40. The molecule has 5 heteroatoms. The maximum absolute atomic E-state index is 11.9. The zero-order valence-electron chi connectivity index (χ0n) is 11.0. The van der Waals surface area contributed by atoms with Gasteiger partial charge in [-0.15, -0.1) is 0 Å². The predicted octanol–water partition coefficient (Wildman–Crippen LogP) is 1.29. The van der Waals surface area contributed by atoms with Crippen LogP contribution in [0.3, 0.4) is 0 Å². The number of β-amino-alcohol motifs (C(OH)–C–C–N with tert-alkyl or cyclic N) is 1. The molecule has 1 aromatic carbocycles. The molecule has 1 aliphatic rings. The lowest BCUT2D eigenvalue weighted by Crippen LogP contribution is -2.37. The Morgan fingerprint density at radius 2 is 2.11 bits per heavy atom. The maximum Gasteiger partial charge on any atom is 0.335 e. The third-order valence-electron chi connectivity index (χ3n) is 3.40. The number of hydrogen-bond acceptors (Lipinski definition) is 3. The first-order valence-corrected chi connectivity index (χ1v) is 6.24. The molecule has 0 radical (unpaired) electrons. The van der Waals surface area contributed by atoms with Crippen LogP contribution in [0, 0.1) is 5.92 Å². The number of benzene rings is 1. The number of amides is 1. The Labute approximate surface area is 111 Å². The van der Waals surface area contributed by atoms with Gasteiger partial charge in [-0.2, -0.15) is 0 Å². The first-order valence-electron chi connectivity index (χ1n) is 6.24. The number of carboxylic acid groups (broad SMARTS) is 1. The minimum Gasteiger partial charge on any atom is -0.478 e. The molecule has 19 heavy (non-hydrogen) atoms. The fourth-order valence-electron chi connectivity index (χ4n) is 2.09. The van der Waals surface area contributed by atoms with Gasteiger partial charge in [0.25, 0.3) is 0 Å². The van der Waals surface area contributed by atoms with E-state index in [4.69, 9.17) is 5.11 Å². The number of carbonyl (C=O) groups excluding carboxylic acids is 1. The number of aromatic carboxylic acids is 1. The van der Waals surface area contributed by atoms with E-state index in [9.17, 15) is 14.7 Å². The van der Waals surface area contributed by atoms with Gasteiger partial charge in [0.1, 0.15) is 0 Å². The van der Waals surface area contributed by atoms with Gasteiger partial charge in [-0.1, -0.05) is 19.9 Å². The Morgan fingerprint density at radius 1 is 1.42 bits per heavy atom. The molecule has 102 valence electrons. The molecule has 0 saturated heterocycles. The van der Waals surface area contributed by atoms with E-state index in [1.807, 2.05) is 13.8 Å². The van der Waals surface area contributed by atoms with Crippen molar-refractivity contribution in [3.8, 4) is 0 Å². The monoisotopic (exact) mass is 263 g/mol. The zero-order valence-corrected chi connectivity index (χ0v) is 11.0. The molecule has 0 bridgehead atoms. The van der Waals surface area contributed by atoms with Crippen LogP contribution in [-0.2, 0) is 11.2 Å². The zero-order chi connectivity index (χ0) is 14.2. The van der Waals surface area contributed by atoms with E-state index in [0.717, 1.165) is 5.56 Å². The number of rotatable bonds is 4. The quantitative estimate of drug-likeness (QED) is 0.858. The van der Waals surface area contributed by atoms with Gasteiger partial charge in [0, 0.05) is 5.69 Å². The van der Waals surface area contributed by atoms with Crippen molar-refractivity contribution < 1.29 is 19.8 Å². The first-order chi connectivity index (χ1) is 8.90. The Kier molecular flexibility index (Phi) is 3.57. The summed E-state index contributed by atoms with van der Waals surface area (Å²) in [6.45, 7) is 3.95. The third kappa shape index (κ3) is 2.61. The van der Waals surface area contributed by atoms with Crippen molar-refractivity contribution in [1.82, 2.24) is 0 Å². The Balaban J connectivity index is 2.31. The smallest absolute Gasteiger partial charge is 0.335 e. The van der Waals surface area contributed by atoms with Crippen molar-refractivity contribution in [1.29, 1.82) is 0 Å². The SMILES string of the molecule is CC(C)C(O)CN1C(=O)Cc2ccc(C(=O)O)cc21. The molecule has 1 aromatic rings. The lowest BCUT2D eigenvalue weighted by Gasteiger charge is -2.23. The number of aliphatic hydroxyl groups is 1. The van der Waals surface area contributed by atoms with E-state index in [0.29, 0.717) is 5.69 Å². The molecule has 1 heterocycles. The highest BCUT2D eigenvalue weighted by Gasteiger charge is 2.30. The molecular weight excluding hydrogens is 246 g/mol. The molecule has 2 N–H and O–H groups in total. The predicted molar refractivity (Wildman–Crippen MR) is 70.3 cm³/mol. The van der Waals surface area contributed by atoms with Crippen LogP contribution in [-0.4, -0.2) is 34.7 Å². The minimum atomic E-state index is -1.02. The van der Waals surface area contributed by atoms with Crippen molar-refractivity contribution >= 4 is 17.6 Å². The summed E-state index contributed by atoms with van der Waals surface area (Å²) in [6, 6.07) is 4.66. The van der Waals surface area contributed by atoms with Crippen molar-refractivity contribution in [2.75, 3.05) is 11.4 Å². The average Bonchev–Trinajstić information content (AvgIpc) is 2.65. The standard InChI is InChI=1S/C14H17NO4/c1-8(2)12(16)7-15-11-5-10(14(18)19)4-3-9(11)6-13(15)17/h3-5,8,12,16H,6-7H2,1-2H3,(H,18,19).